The van der Waals surface area contributed by atoms with E-state index < -0.39 is 0 Å². The Morgan fingerprint density at radius 2 is 1.91 bits per heavy atom. The monoisotopic (exact) mass is 152 g/mol. The molecule has 0 radical (unpaired) electrons. The second kappa shape index (κ2) is 2.20. The van der Waals surface area contributed by atoms with Crippen molar-refractivity contribution in [2.75, 3.05) is 0 Å². The van der Waals surface area contributed by atoms with Crippen LogP contribution in [0.5, 0.6) is 0 Å². The number of ketones is 1. The van der Waals surface area contributed by atoms with Gasteiger partial charge in [0.2, 0.25) is 0 Å². The van der Waals surface area contributed by atoms with Crippen LogP contribution in [0.15, 0.2) is 12.2 Å². The van der Waals surface area contributed by atoms with E-state index >= 15 is 0 Å². The van der Waals surface area contributed by atoms with Gasteiger partial charge in [-0.25, -0.2) is 0 Å². The largest absolute Gasteiger partial charge is 0.299 e. The number of hydrogen-bond acceptors (Lipinski definition) is 1. The van der Waals surface area contributed by atoms with Crippen LogP contribution in [0.1, 0.15) is 34.1 Å². The average molecular weight is 152 g/mol. The van der Waals surface area contributed by atoms with Crippen LogP contribution in [0, 0.1) is 10.8 Å². The molecule has 0 aromatic carbocycles. The van der Waals surface area contributed by atoms with E-state index in [4.69, 9.17) is 0 Å². The Balaban J connectivity index is 2.99. The summed E-state index contributed by atoms with van der Waals surface area (Å²) >= 11 is 0. The van der Waals surface area contributed by atoms with E-state index in [1.54, 1.807) is 6.92 Å². The van der Waals surface area contributed by atoms with Gasteiger partial charge in [0.1, 0.15) is 5.78 Å². The molecule has 0 fully saturated rings. The third-order valence-electron chi connectivity index (χ3n) is 3.26. The Bertz CT molecular complexity index is 213. The molecule has 1 aliphatic rings. The number of rotatable bonds is 1. The summed E-state index contributed by atoms with van der Waals surface area (Å²) in [4.78, 5) is 11.3. The lowest BCUT2D eigenvalue weighted by Gasteiger charge is -2.35. The SMILES string of the molecule is CC(=O)[C@@]1(C)CC=CC1(C)C. The topological polar surface area (TPSA) is 17.1 Å². The van der Waals surface area contributed by atoms with Crippen LogP contribution >= 0.6 is 0 Å². The summed E-state index contributed by atoms with van der Waals surface area (Å²) in [5.41, 5.74) is -0.119. The molecule has 0 saturated carbocycles. The third-order valence-corrected chi connectivity index (χ3v) is 3.26. The van der Waals surface area contributed by atoms with Crippen LogP contribution in [-0.2, 0) is 4.79 Å². The van der Waals surface area contributed by atoms with E-state index in [9.17, 15) is 4.79 Å². The lowest BCUT2D eigenvalue weighted by molar-refractivity contribution is -0.129. The van der Waals surface area contributed by atoms with Gasteiger partial charge in [0.25, 0.3) is 0 Å². The first kappa shape index (κ1) is 8.51. The smallest absolute Gasteiger partial charge is 0.136 e. The lowest BCUT2D eigenvalue weighted by Crippen LogP contribution is -2.36. The van der Waals surface area contributed by atoms with Gasteiger partial charge in [-0.2, -0.15) is 0 Å². The van der Waals surface area contributed by atoms with Crippen molar-refractivity contribution in [1.82, 2.24) is 0 Å². The summed E-state index contributed by atoms with van der Waals surface area (Å²) in [6, 6.07) is 0. The molecule has 11 heavy (non-hydrogen) atoms. The predicted octanol–water partition coefficient (Wildman–Crippen LogP) is 2.57. The van der Waals surface area contributed by atoms with Crippen molar-refractivity contribution in [1.29, 1.82) is 0 Å². The van der Waals surface area contributed by atoms with E-state index in [0.717, 1.165) is 6.42 Å². The molecule has 1 rings (SSSR count). The Morgan fingerprint density at radius 3 is 2.09 bits per heavy atom. The second-order valence-electron chi connectivity index (χ2n) is 4.22. The number of Topliss-reactive ketones (excluding diaryl/α,β-unsaturated/α-hetero) is 1. The Labute approximate surface area is 68.5 Å². The Morgan fingerprint density at radius 1 is 1.36 bits per heavy atom. The first-order valence-corrected chi connectivity index (χ1v) is 4.09. The van der Waals surface area contributed by atoms with Gasteiger partial charge >= 0.3 is 0 Å². The zero-order valence-corrected chi connectivity index (χ0v) is 7.77. The normalized spacial score (nSPS) is 34.2. The first-order chi connectivity index (χ1) is 4.90. The second-order valence-corrected chi connectivity index (χ2v) is 4.22. The third kappa shape index (κ3) is 1.03. The van der Waals surface area contributed by atoms with Crippen molar-refractivity contribution in [2.45, 2.75) is 34.1 Å². The summed E-state index contributed by atoms with van der Waals surface area (Å²) in [5.74, 6) is 0.299. The molecule has 0 aromatic heterocycles. The van der Waals surface area contributed by atoms with Crippen molar-refractivity contribution >= 4 is 5.78 Å². The van der Waals surface area contributed by atoms with E-state index in [1.807, 2.05) is 0 Å². The minimum atomic E-state index is -0.160. The predicted molar refractivity (Wildman–Crippen MR) is 46.3 cm³/mol. The van der Waals surface area contributed by atoms with Gasteiger partial charge in [-0.1, -0.05) is 32.9 Å². The zero-order valence-electron chi connectivity index (χ0n) is 7.77. The number of carbonyl (C=O) groups is 1. The van der Waals surface area contributed by atoms with Gasteiger partial charge < -0.3 is 0 Å². The van der Waals surface area contributed by atoms with Crippen LogP contribution in [0.2, 0.25) is 0 Å². The molecule has 62 valence electrons. The molecule has 0 spiro atoms. The summed E-state index contributed by atoms with van der Waals surface area (Å²) in [7, 11) is 0. The fraction of sp³-hybridized carbons (Fsp3) is 0.700. The van der Waals surface area contributed by atoms with Crippen molar-refractivity contribution < 1.29 is 4.79 Å². The summed E-state index contributed by atoms with van der Waals surface area (Å²) in [5, 5.41) is 0. The fourth-order valence-electron chi connectivity index (χ4n) is 1.63. The maximum atomic E-state index is 11.3. The first-order valence-electron chi connectivity index (χ1n) is 4.09. The Hall–Kier alpha value is -0.590. The van der Waals surface area contributed by atoms with Crippen LogP contribution in [0.3, 0.4) is 0 Å². The van der Waals surface area contributed by atoms with Crippen molar-refractivity contribution in [2.24, 2.45) is 10.8 Å². The molecule has 0 heterocycles. The van der Waals surface area contributed by atoms with E-state index in [2.05, 4.69) is 32.9 Å². The fourth-order valence-corrected chi connectivity index (χ4v) is 1.63. The van der Waals surface area contributed by atoms with E-state index in [1.165, 1.54) is 0 Å². The summed E-state index contributed by atoms with van der Waals surface area (Å²) in [6.07, 6.45) is 5.16. The van der Waals surface area contributed by atoms with Crippen molar-refractivity contribution in [3.8, 4) is 0 Å². The minimum absolute atomic E-state index is 0.0405. The van der Waals surface area contributed by atoms with Crippen LogP contribution in [0.25, 0.3) is 0 Å². The van der Waals surface area contributed by atoms with Gasteiger partial charge in [-0.05, 0) is 18.8 Å². The lowest BCUT2D eigenvalue weighted by atomic mass is 9.67. The van der Waals surface area contributed by atoms with Gasteiger partial charge in [0.05, 0.1) is 0 Å². The highest BCUT2D eigenvalue weighted by molar-refractivity contribution is 5.84. The molecule has 0 aromatic rings. The highest BCUT2D eigenvalue weighted by Gasteiger charge is 2.45. The maximum Gasteiger partial charge on any atom is 0.136 e. The molecule has 0 N–H and O–H groups in total. The van der Waals surface area contributed by atoms with Crippen molar-refractivity contribution in [3.05, 3.63) is 12.2 Å². The molecule has 1 nitrogen and oxygen atoms in total. The van der Waals surface area contributed by atoms with Crippen LogP contribution < -0.4 is 0 Å². The number of carbonyl (C=O) groups excluding carboxylic acids is 1. The highest BCUT2D eigenvalue weighted by Crippen LogP contribution is 2.48. The van der Waals surface area contributed by atoms with Crippen LogP contribution in [-0.4, -0.2) is 5.78 Å². The van der Waals surface area contributed by atoms with Crippen molar-refractivity contribution in [3.63, 3.8) is 0 Å². The molecule has 0 bridgehead atoms. The molecular formula is C10H16O. The van der Waals surface area contributed by atoms with Gasteiger partial charge in [-0.15, -0.1) is 0 Å². The Kier molecular flexibility index (Phi) is 1.70. The maximum absolute atomic E-state index is 11.3. The van der Waals surface area contributed by atoms with Gasteiger partial charge in [0, 0.05) is 5.41 Å². The molecular weight excluding hydrogens is 136 g/mol. The standard InChI is InChI=1S/C10H16O/c1-8(11)10(4)7-5-6-9(10,2)3/h5-6H,7H2,1-4H3/t10-/m1/s1. The molecule has 0 unspecified atom stereocenters. The molecule has 1 atom stereocenters. The van der Waals surface area contributed by atoms with Gasteiger partial charge in [-0.3, -0.25) is 4.79 Å². The van der Waals surface area contributed by atoms with Crippen LogP contribution in [0.4, 0.5) is 0 Å². The number of hydrogen-bond donors (Lipinski definition) is 0. The van der Waals surface area contributed by atoms with Gasteiger partial charge in [0.15, 0.2) is 0 Å². The minimum Gasteiger partial charge on any atom is -0.299 e. The molecule has 1 heteroatoms. The molecule has 1 aliphatic carbocycles. The van der Waals surface area contributed by atoms with E-state index in [0.29, 0.717) is 5.78 Å². The summed E-state index contributed by atoms with van der Waals surface area (Å²) in [6.45, 7) is 7.99. The zero-order chi connectivity index (χ0) is 8.70. The molecule has 0 amide bonds. The molecule has 0 saturated heterocycles. The quantitative estimate of drug-likeness (QED) is 0.528. The average Bonchev–Trinajstić information content (AvgIpc) is 2.09. The van der Waals surface area contributed by atoms with E-state index in [-0.39, 0.29) is 10.8 Å². The molecule has 0 aliphatic heterocycles. The number of allylic oxidation sites excluding steroid dienone is 2. The highest BCUT2D eigenvalue weighted by atomic mass is 16.1. The summed E-state index contributed by atoms with van der Waals surface area (Å²) < 4.78 is 0.